The van der Waals surface area contributed by atoms with Crippen molar-refractivity contribution in [3.63, 3.8) is 0 Å². The van der Waals surface area contributed by atoms with E-state index in [9.17, 15) is 9.90 Å². The highest BCUT2D eigenvalue weighted by Gasteiger charge is 2.65. The van der Waals surface area contributed by atoms with Crippen LogP contribution in [-0.2, 0) is 4.79 Å². The minimum absolute atomic E-state index is 0.00892. The smallest absolute Gasteiger partial charge is 0.330 e. The van der Waals surface area contributed by atoms with Crippen molar-refractivity contribution in [2.45, 2.75) is 112 Å². The zero-order valence-electron chi connectivity index (χ0n) is 22.2. The molecule has 0 aromatic heterocycles. The summed E-state index contributed by atoms with van der Waals surface area (Å²) in [6.45, 7) is 16.5. The minimum Gasteiger partial charge on any atom is -0.478 e. The van der Waals surface area contributed by atoms with Crippen LogP contribution in [0.5, 0.6) is 0 Å². The van der Waals surface area contributed by atoms with Crippen LogP contribution in [0.1, 0.15) is 106 Å². The molecule has 33 heavy (non-hydrogen) atoms. The fraction of sp³-hybridized carbons (Fsp3) is 0.833. The Morgan fingerprint density at radius 2 is 1.82 bits per heavy atom. The van der Waals surface area contributed by atoms with Gasteiger partial charge in [0.25, 0.3) is 0 Å². The van der Waals surface area contributed by atoms with Crippen molar-refractivity contribution >= 4 is 5.97 Å². The number of allylic oxidation sites excluding steroid dienone is 3. The normalized spacial score (nSPS) is 45.5. The zero-order chi connectivity index (χ0) is 24.4. The lowest BCUT2D eigenvalue weighted by Gasteiger charge is -2.64. The summed E-state index contributed by atoms with van der Waals surface area (Å²) in [5, 5.41) is 20.0. The van der Waals surface area contributed by atoms with Gasteiger partial charge in [-0.3, -0.25) is 0 Å². The molecule has 0 amide bonds. The SMILES string of the molecule is C/C(=C/CC[C@H](C)[C@@H]1CC[C@]2(C)C3=CC[C@@H]4C(C)(C)[C@@H](O)CC[C@]4(C)[C@H]3CC[C@@]12C)C(=O)O. The predicted molar refractivity (Wildman–Crippen MR) is 135 cm³/mol. The van der Waals surface area contributed by atoms with Crippen LogP contribution in [0.3, 0.4) is 0 Å². The van der Waals surface area contributed by atoms with E-state index < -0.39 is 5.97 Å². The summed E-state index contributed by atoms with van der Waals surface area (Å²) in [6.07, 6.45) is 14.7. The van der Waals surface area contributed by atoms with Crippen LogP contribution in [0.15, 0.2) is 23.3 Å². The number of hydrogen-bond acceptors (Lipinski definition) is 2. The van der Waals surface area contributed by atoms with Gasteiger partial charge in [-0.05, 0) is 110 Å². The Balaban J connectivity index is 1.58. The van der Waals surface area contributed by atoms with Crippen LogP contribution >= 0.6 is 0 Å². The Kier molecular flexibility index (Phi) is 6.25. The molecule has 3 nitrogen and oxygen atoms in total. The quantitative estimate of drug-likeness (QED) is 0.335. The second-order valence-corrected chi connectivity index (χ2v) is 13.6. The van der Waals surface area contributed by atoms with E-state index in [0.29, 0.717) is 40.1 Å². The van der Waals surface area contributed by atoms with Gasteiger partial charge in [-0.15, -0.1) is 0 Å². The van der Waals surface area contributed by atoms with Gasteiger partial charge in [0, 0.05) is 5.57 Å². The van der Waals surface area contributed by atoms with Gasteiger partial charge in [-0.1, -0.05) is 59.3 Å². The lowest BCUT2D eigenvalue weighted by atomic mass is 9.41. The molecule has 4 aliphatic carbocycles. The fourth-order valence-electron chi connectivity index (χ4n) is 9.50. The number of carbonyl (C=O) groups is 1. The van der Waals surface area contributed by atoms with E-state index in [4.69, 9.17) is 5.11 Å². The van der Waals surface area contributed by atoms with Crippen molar-refractivity contribution in [1.82, 2.24) is 0 Å². The minimum atomic E-state index is -0.796. The summed E-state index contributed by atoms with van der Waals surface area (Å²) in [4.78, 5) is 11.1. The summed E-state index contributed by atoms with van der Waals surface area (Å²) in [7, 11) is 0. The second kappa shape index (κ2) is 8.25. The summed E-state index contributed by atoms with van der Waals surface area (Å²) in [5.41, 5.74) is 3.13. The van der Waals surface area contributed by atoms with Crippen molar-refractivity contribution in [1.29, 1.82) is 0 Å². The molecular formula is C30H48O3. The molecule has 8 atom stereocenters. The van der Waals surface area contributed by atoms with Gasteiger partial charge in [0.1, 0.15) is 0 Å². The molecule has 0 spiro atoms. The van der Waals surface area contributed by atoms with E-state index in [-0.39, 0.29) is 16.9 Å². The summed E-state index contributed by atoms with van der Waals surface area (Å²) in [5.74, 6) is 1.75. The number of aliphatic hydroxyl groups excluding tert-OH is 1. The van der Waals surface area contributed by atoms with E-state index in [2.05, 4.69) is 47.6 Å². The average Bonchev–Trinajstić information content (AvgIpc) is 3.02. The number of carboxylic acid groups (broad SMARTS) is 1. The summed E-state index contributed by atoms with van der Waals surface area (Å²) in [6, 6.07) is 0. The number of fused-ring (bicyclic) bond motifs is 5. The van der Waals surface area contributed by atoms with Crippen LogP contribution < -0.4 is 0 Å². The first-order valence-corrected chi connectivity index (χ1v) is 13.6. The second-order valence-electron chi connectivity index (χ2n) is 13.6. The van der Waals surface area contributed by atoms with Crippen molar-refractivity contribution in [2.24, 2.45) is 45.3 Å². The molecule has 4 rings (SSSR count). The fourth-order valence-corrected chi connectivity index (χ4v) is 9.50. The number of hydrogen-bond donors (Lipinski definition) is 2. The molecule has 4 aliphatic rings. The Labute approximate surface area is 202 Å². The van der Waals surface area contributed by atoms with E-state index in [1.165, 1.54) is 25.7 Å². The maximum absolute atomic E-state index is 11.1. The Hall–Kier alpha value is -1.09. The summed E-state index contributed by atoms with van der Waals surface area (Å²) >= 11 is 0. The van der Waals surface area contributed by atoms with Gasteiger partial charge in [0.2, 0.25) is 0 Å². The lowest BCUT2D eigenvalue weighted by Crippen LogP contribution is -2.58. The topological polar surface area (TPSA) is 57.5 Å². The van der Waals surface area contributed by atoms with Gasteiger partial charge >= 0.3 is 5.97 Å². The van der Waals surface area contributed by atoms with Gasteiger partial charge < -0.3 is 10.2 Å². The number of aliphatic hydroxyl groups is 1. The lowest BCUT2D eigenvalue weighted by molar-refractivity contribution is -0.132. The molecule has 0 saturated heterocycles. The standard InChI is InChI=1S/C30H48O3/c1-19(9-8-10-20(2)26(32)33)21-13-17-30(7)23-11-12-24-27(3,4)25(31)15-16-28(24,5)22(23)14-18-29(21,30)6/h10-11,19,21-22,24-25,31H,8-9,12-18H2,1-7H3,(H,32,33)/b20-10-/t19-,21-,22-,24+,25-,28+,29-,30+/m0/s1. The summed E-state index contributed by atoms with van der Waals surface area (Å²) < 4.78 is 0. The average molecular weight is 457 g/mol. The maximum Gasteiger partial charge on any atom is 0.330 e. The van der Waals surface area contributed by atoms with Crippen molar-refractivity contribution in [3.05, 3.63) is 23.3 Å². The third kappa shape index (κ3) is 3.58. The molecule has 0 aromatic carbocycles. The first-order valence-electron chi connectivity index (χ1n) is 13.6. The zero-order valence-corrected chi connectivity index (χ0v) is 22.2. The molecule has 3 heteroatoms. The van der Waals surface area contributed by atoms with Crippen LogP contribution in [-0.4, -0.2) is 22.3 Å². The molecule has 186 valence electrons. The maximum atomic E-state index is 11.1. The van der Waals surface area contributed by atoms with Gasteiger partial charge in [-0.2, -0.15) is 0 Å². The first kappa shape index (κ1) is 25.0. The Morgan fingerprint density at radius 3 is 2.48 bits per heavy atom. The van der Waals surface area contributed by atoms with Crippen LogP contribution in [0.4, 0.5) is 0 Å². The number of carboxylic acids is 1. The molecule has 0 heterocycles. The van der Waals surface area contributed by atoms with E-state index in [0.717, 1.165) is 32.1 Å². The number of aliphatic carboxylic acids is 1. The van der Waals surface area contributed by atoms with Gasteiger partial charge in [-0.25, -0.2) is 4.79 Å². The van der Waals surface area contributed by atoms with E-state index >= 15 is 0 Å². The predicted octanol–water partition coefficient (Wildman–Crippen LogP) is 7.40. The Bertz CT molecular complexity index is 853. The largest absolute Gasteiger partial charge is 0.478 e. The van der Waals surface area contributed by atoms with Gasteiger partial charge in [0.15, 0.2) is 0 Å². The molecule has 0 aliphatic heterocycles. The molecular weight excluding hydrogens is 408 g/mol. The van der Waals surface area contributed by atoms with Crippen molar-refractivity contribution < 1.29 is 15.0 Å². The van der Waals surface area contributed by atoms with Crippen LogP contribution in [0, 0.1) is 45.3 Å². The van der Waals surface area contributed by atoms with Crippen molar-refractivity contribution in [3.8, 4) is 0 Å². The molecule has 0 bridgehead atoms. The molecule has 0 radical (unpaired) electrons. The third-order valence-electron chi connectivity index (χ3n) is 12.0. The Morgan fingerprint density at radius 1 is 1.12 bits per heavy atom. The van der Waals surface area contributed by atoms with Crippen LogP contribution in [0.2, 0.25) is 0 Å². The van der Waals surface area contributed by atoms with Crippen molar-refractivity contribution in [2.75, 3.05) is 0 Å². The highest BCUT2D eigenvalue weighted by atomic mass is 16.4. The molecule has 2 N–H and O–H groups in total. The monoisotopic (exact) mass is 456 g/mol. The van der Waals surface area contributed by atoms with E-state index in [1.807, 2.05) is 6.08 Å². The molecule has 0 aromatic rings. The number of rotatable bonds is 5. The van der Waals surface area contributed by atoms with E-state index in [1.54, 1.807) is 12.5 Å². The van der Waals surface area contributed by atoms with Gasteiger partial charge in [0.05, 0.1) is 6.10 Å². The third-order valence-corrected chi connectivity index (χ3v) is 12.0. The highest BCUT2D eigenvalue weighted by Crippen LogP contribution is 2.73. The van der Waals surface area contributed by atoms with Crippen LogP contribution in [0.25, 0.3) is 0 Å². The molecule has 3 saturated carbocycles. The molecule has 3 fully saturated rings. The first-order chi connectivity index (χ1) is 15.3. The highest BCUT2D eigenvalue weighted by molar-refractivity contribution is 5.85. The molecule has 0 unspecified atom stereocenters.